The summed E-state index contributed by atoms with van der Waals surface area (Å²) < 4.78 is 27.8. The van der Waals surface area contributed by atoms with E-state index in [9.17, 15) is 0 Å². The maximum atomic E-state index is 5.90. The number of ether oxygens (including phenoxy) is 4. The normalized spacial score (nSPS) is 11.0. The molecule has 5 rings (SSSR count). The monoisotopic (exact) mass is 442 g/mol. The molecule has 5 aromatic rings. The van der Waals surface area contributed by atoms with E-state index in [2.05, 4.69) is 16.0 Å². The van der Waals surface area contributed by atoms with Crippen molar-refractivity contribution in [3.63, 3.8) is 0 Å². The minimum atomic E-state index is 0.449. The van der Waals surface area contributed by atoms with Gasteiger partial charge >= 0.3 is 0 Å². The number of methoxy groups -OCH3 is 4. The second-order valence-corrected chi connectivity index (χ2v) is 7.36. The van der Waals surface area contributed by atoms with Crippen molar-refractivity contribution in [2.24, 2.45) is 0 Å². The summed E-state index contributed by atoms with van der Waals surface area (Å²) in [6, 6.07) is 16.1. The van der Waals surface area contributed by atoms with Gasteiger partial charge in [-0.05, 0) is 46.2 Å². The highest BCUT2D eigenvalue weighted by Crippen LogP contribution is 2.43. The van der Waals surface area contributed by atoms with Gasteiger partial charge in [0.2, 0.25) is 11.8 Å². The minimum absolute atomic E-state index is 0.449. The molecule has 7 heteroatoms. The first-order valence-electron chi connectivity index (χ1n) is 10.3. The van der Waals surface area contributed by atoms with E-state index in [1.165, 1.54) is 6.33 Å². The maximum absolute atomic E-state index is 5.90. The van der Waals surface area contributed by atoms with Gasteiger partial charge in [0.1, 0.15) is 17.5 Å². The van der Waals surface area contributed by atoms with Crippen LogP contribution in [0.1, 0.15) is 0 Å². The molecule has 0 aliphatic rings. The van der Waals surface area contributed by atoms with Gasteiger partial charge in [0.15, 0.2) is 11.5 Å². The van der Waals surface area contributed by atoms with E-state index in [0.717, 1.165) is 38.4 Å². The molecule has 2 heterocycles. The van der Waals surface area contributed by atoms with Crippen LogP contribution in [0.4, 0.5) is 0 Å². The maximum Gasteiger partial charge on any atom is 0.228 e. The minimum Gasteiger partial charge on any atom is -0.493 e. The van der Waals surface area contributed by atoms with Crippen molar-refractivity contribution in [3.05, 3.63) is 61.1 Å². The summed E-state index contributed by atoms with van der Waals surface area (Å²) in [5, 5.41) is 3.04. The van der Waals surface area contributed by atoms with Gasteiger partial charge in [-0.3, -0.25) is 0 Å². The van der Waals surface area contributed by atoms with Crippen molar-refractivity contribution in [2.75, 3.05) is 28.4 Å². The second-order valence-electron chi connectivity index (χ2n) is 7.36. The Bertz CT molecular complexity index is 1440. The van der Waals surface area contributed by atoms with Gasteiger partial charge in [-0.25, -0.2) is 9.97 Å². The van der Waals surface area contributed by atoms with Crippen LogP contribution in [0.5, 0.6) is 23.3 Å². The number of hydrogen-bond acceptors (Lipinski definition) is 7. The SMILES string of the molecule is COc1cc2cc3ccoc3c(-c3ccc(-c4c(OC)ncnc4OC)cc3)c2cc1OC. The summed E-state index contributed by atoms with van der Waals surface area (Å²) in [6.45, 7) is 0. The van der Waals surface area contributed by atoms with Crippen LogP contribution in [-0.4, -0.2) is 38.4 Å². The molecule has 0 bridgehead atoms. The number of hydrogen-bond donors (Lipinski definition) is 0. The smallest absolute Gasteiger partial charge is 0.228 e. The molecule has 0 unspecified atom stereocenters. The van der Waals surface area contributed by atoms with Gasteiger partial charge in [-0.1, -0.05) is 24.3 Å². The highest BCUT2D eigenvalue weighted by Gasteiger charge is 2.18. The Kier molecular flexibility index (Phi) is 5.22. The fraction of sp³-hybridized carbons (Fsp3) is 0.154. The van der Waals surface area contributed by atoms with Crippen molar-refractivity contribution < 1.29 is 23.4 Å². The molecular weight excluding hydrogens is 420 g/mol. The molecule has 33 heavy (non-hydrogen) atoms. The Morgan fingerprint density at radius 2 is 1.24 bits per heavy atom. The summed E-state index contributed by atoms with van der Waals surface area (Å²) in [7, 11) is 6.41. The Balaban J connectivity index is 1.72. The summed E-state index contributed by atoms with van der Waals surface area (Å²) in [4.78, 5) is 8.44. The number of fused-ring (bicyclic) bond motifs is 2. The Hall–Kier alpha value is -4.26. The summed E-state index contributed by atoms with van der Waals surface area (Å²) in [5.41, 5.74) is 4.35. The van der Waals surface area contributed by atoms with Gasteiger partial charge in [0, 0.05) is 10.9 Å². The zero-order valence-corrected chi connectivity index (χ0v) is 18.7. The molecule has 0 atom stereocenters. The molecule has 0 spiro atoms. The molecule has 0 N–H and O–H groups in total. The zero-order valence-electron chi connectivity index (χ0n) is 18.7. The lowest BCUT2D eigenvalue weighted by Gasteiger charge is -2.14. The largest absolute Gasteiger partial charge is 0.493 e. The van der Waals surface area contributed by atoms with Gasteiger partial charge in [0.25, 0.3) is 0 Å². The Morgan fingerprint density at radius 3 is 1.85 bits per heavy atom. The number of nitrogens with zero attached hydrogens (tertiary/aromatic N) is 2. The van der Waals surface area contributed by atoms with E-state index in [0.29, 0.717) is 28.8 Å². The van der Waals surface area contributed by atoms with E-state index in [4.69, 9.17) is 23.4 Å². The molecular formula is C26H22N2O5. The number of furan rings is 1. The molecule has 0 fully saturated rings. The third-order valence-electron chi connectivity index (χ3n) is 5.69. The van der Waals surface area contributed by atoms with Crippen LogP contribution in [0.15, 0.2) is 65.5 Å². The molecule has 0 aliphatic heterocycles. The molecule has 7 nitrogen and oxygen atoms in total. The highest BCUT2D eigenvalue weighted by molar-refractivity contribution is 6.11. The number of rotatable bonds is 6. The van der Waals surface area contributed by atoms with Crippen LogP contribution < -0.4 is 18.9 Å². The summed E-state index contributed by atoms with van der Waals surface area (Å²) in [6.07, 6.45) is 3.12. The summed E-state index contributed by atoms with van der Waals surface area (Å²) in [5.74, 6) is 2.23. The molecule has 0 saturated heterocycles. The lowest BCUT2D eigenvalue weighted by molar-refractivity contribution is 0.356. The fourth-order valence-corrected chi connectivity index (χ4v) is 4.16. The van der Waals surface area contributed by atoms with Crippen LogP contribution in [-0.2, 0) is 0 Å². The lowest BCUT2D eigenvalue weighted by Crippen LogP contribution is -1.98. The number of aromatic nitrogens is 2. The molecule has 3 aromatic carbocycles. The first-order valence-corrected chi connectivity index (χ1v) is 10.3. The first-order chi connectivity index (χ1) is 16.2. The average molecular weight is 442 g/mol. The topological polar surface area (TPSA) is 75.8 Å². The van der Waals surface area contributed by atoms with Crippen molar-refractivity contribution in [3.8, 4) is 45.5 Å². The van der Waals surface area contributed by atoms with Crippen LogP contribution in [0.2, 0.25) is 0 Å². The number of benzene rings is 3. The van der Waals surface area contributed by atoms with Crippen LogP contribution >= 0.6 is 0 Å². The van der Waals surface area contributed by atoms with E-state index in [1.54, 1.807) is 34.7 Å². The molecule has 0 amide bonds. The van der Waals surface area contributed by atoms with Crippen molar-refractivity contribution in [1.82, 2.24) is 9.97 Å². The second kappa shape index (κ2) is 8.35. The summed E-state index contributed by atoms with van der Waals surface area (Å²) >= 11 is 0. The molecule has 0 saturated carbocycles. The van der Waals surface area contributed by atoms with Gasteiger partial charge < -0.3 is 23.4 Å². The standard InChI is InChI=1S/C26H22N2O5/c1-29-20-12-18-11-17-9-10-33-24(17)22(19(18)13-21(20)30-2)15-5-7-16(8-6-15)23-25(31-3)27-14-28-26(23)32-4/h5-14H,1-4H3. The van der Waals surface area contributed by atoms with Crippen LogP contribution in [0.3, 0.4) is 0 Å². The molecule has 2 aromatic heterocycles. The molecule has 0 radical (unpaired) electrons. The van der Waals surface area contributed by atoms with Crippen molar-refractivity contribution in [1.29, 1.82) is 0 Å². The van der Waals surface area contributed by atoms with E-state index in [-0.39, 0.29) is 0 Å². The van der Waals surface area contributed by atoms with Crippen molar-refractivity contribution in [2.45, 2.75) is 0 Å². The Labute approximate surface area is 190 Å². The first kappa shape index (κ1) is 20.6. The van der Waals surface area contributed by atoms with E-state index in [1.807, 2.05) is 42.5 Å². The van der Waals surface area contributed by atoms with Gasteiger partial charge in [-0.2, -0.15) is 0 Å². The third-order valence-corrected chi connectivity index (χ3v) is 5.69. The molecule has 0 aliphatic carbocycles. The lowest BCUT2D eigenvalue weighted by atomic mass is 9.94. The van der Waals surface area contributed by atoms with Crippen molar-refractivity contribution >= 4 is 21.7 Å². The van der Waals surface area contributed by atoms with E-state index < -0.39 is 0 Å². The molecule has 166 valence electrons. The Morgan fingerprint density at radius 1 is 0.636 bits per heavy atom. The predicted molar refractivity (Wildman–Crippen MR) is 126 cm³/mol. The highest BCUT2D eigenvalue weighted by atomic mass is 16.5. The fourth-order valence-electron chi connectivity index (χ4n) is 4.16. The predicted octanol–water partition coefficient (Wildman–Crippen LogP) is 5.74. The van der Waals surface area contributed by atoms with Crippen LogP contribution in [0.25, 0.3) is 44.0 Å². The van der Waals surface area contributed by atoms with Gasteiger partial charge in [0.05, 0.1) is 34.7 Å². The van der Waals surface area contributed by atoms with Crippen LogP contribution in [0, 0.1) is 0 Å². The quantitative estimate of drug-likeness (QED) is 0.332. The van der Waals surface area contributed by atoms with E-state index >= 15 is 0 Å². The third kappa shape index (κ3) is 3.38. The average Bonchev–Trinajstić information content (AvgIpc) is 3.34. The zero-order chi connectivity index (χ0) is 22.9. The van der Waals surface area contributed by atoms with Gasteiger partial charge in [-0.15, -0.1) is 0 Å².